The second-order valence-corrected chi connectivity index (χ2v) is 6.72. The third kappa shape index (κ3) is 5.10. The van der Waals surface area contributed by atoms with Crippen LogP contribution in [0.3, 0.4) is 0 Å². The van der Waals surface area contributed by atoms with Gasteiger partial charge in [0.2, 0.25) is 5.95 Å². The maximum atomic E-state index is 14.3. The van der Waals surface area contributed by atoms with Crippen LogP contribution in [0.4, 0.5) is 38.5 Å². The number of amides is 1. The van der Waals surface area contributed by atoms with E-state index >= 15 is 0 Å². The van der Waals surface area contributed by atoms with Gasteiger partial charge in [-0.1, -0.05) is 6.07 Å². The fourth-order valence-electron chi connectivity index (χ4n) is 2.96. The van der Waals surface area contributed by atoms with Gasteiger partial charge >= 0.3 is 12.5 Å². The highest BCUT2D eigenvalue weighted by molar-refractivity contribution is 5.89. The van der Waals surface area contributed by atoms with Crippen molar-refractivity contribution < 1.29 is 41.3 Å². The van der Waals surface area contributed by atoms with E-state index in [2.05, 4.69) is 20.0 Å². The van der Waals surface area contributed by atoms with E-state index in [-0.39, 0.29) is 18.1 Å². The number of anilines is 2. The lowest BCUT2D eigenvalue weighted by atomic mass is 10.1. The highest BCUT2D eigenvalue weighted by Crippen LogP contribution is 2.29. The van der Waals surface area contributed by atoms with E-state index in [1.807, 2.05) is 0 Å². The van der Waals surface area contributed by atoms with Crippen LogP contribution in [-0.4, -0.2) is 46.3 Å². The zero-order valence-electron chi connectivity index (χ0n) is 16.2. The lowest BCUT2D eigenvalue weighted by Crippen LogP contribution is -2.42. The van der Waals surface area contributed by atoms with Crippen LogP contribution in [0.2, 0.25) is 0 Å². The van der Waals surface area contributed by atoms with E-state index in [0.717, 1.165) is 23.2 Å². The number of nitrogens with zero attached hydrogens (tertiary/aromatic N) is 3. The van der Waals surface area contributed by atoms with Crippen molar-refractivity contribution in [2.24, 2.45) is 0 Å². The molecule has 2 aromatic rings. The van der Waals surface area contributed by atoms with Gasteiger partial charge < -0.3 is 19.9 Å². The molecular weight excluding hydrogens is 431 g/mol. The lowest BCUT2D eigenvalue weighted by Gasteiger charge is -2.23. The third-order valence-electron chi connectivity index (χ3n) is 4.43. The Kier molecular flexibility index (Phi) is 6.15. The number of hydrogen-bond donors (Lipinski definition) is 2. The van der Waals surface area contributed by atoms with Crippen molar-refractivity contribution in [2.75, 3.05) is 16.8 Å². The van der Waals surface area contributed by atoms with Crippen molar-refractivity contribution in [1.82, 2.24) is 9.97 Å². The smallest absolute Gasteiger partial charge is 0.447 e. The number of cyclic esters (lactones) is 1. The number of hydrogen-bond acceptors (Lipinski definition) is 7. The minimum Gasteiger partial charge on any atom is -0.447 e. The molecule has 1 aliphatic heterocycles. The molecule has 1 fully saturated rings. The molecule has 168 valence electrons. The zero-order chi connectivity index (χ0) is 22.9. The van der Waals surface area contributed by atoms with Crippen molar-refractivity contribution >= 4 is 17.9 Å². The predicted molar refractivity (Wildman–Crippen MR) is 96.4 cm³/mol. The van der Waals surface area contributed by atoms with E-state index in [9.17, 15) is 31.9 Å². The molecule has 0 radical (unpaired) electrons. The molecule has 13 heteroatoms. The van der Waals surface area contributed by atoms with Gasteiger partial charge in [0, 0.05) is 11.6 Å². The van der Waals surface area contributed by atoms with Gasteiger partial charge in [-0.2, -0.15) is 4.98 Å². The van der Waals surface area contributed by atoms with Gasteiger partial charge in [0.05, 0.1) is 18.3 Å². The maximum absolute atomic E-state index is 14.3. The van der Waals surface area contributed by atoms with Gasteiger partial charge in [-0.3, -0.25) is 0 Å². The highest BCUT2D eigenvalue weighted by Gasteiger charge is 2.40. The first-order valence-electron chi connectivity index (χ1n) is 8.94. The Morgan fingerprint density at radius 2 is 2.00 bits per heavy atom. The Labute approximate surface area is 172 Å². The van der Waals surface area contributed by atoms with E-state index in [4.69, 9.17) is 4.74 Å². The summed E-state index contributed by atoms with van der Waals surface area (Å²) in [6.45, 7) is 2.70. The minimum atomic E-state index is -4.96. The summed E-state index contributed by atoms with van der Waals surface area (Å²) < 4.78 is 73.9. The number of benzene rings is 1. The summed E-state index contributed by atoms with van der Waals surface area (Å²) in [4.78, 5) is 20.5. The van der Waals surface area contributed by atoms with Crippen molar-refractivity contribution in [3.05, 3.63) is 41.6 Å². The van der Waals surface area contributed by atoms with Gasteiger partial charge in [0.25, 0.3) is 0 Å². The molecule has 0 aliphatic carbocycles. The molecular formula is C18H17F5N4O4. The third-order valence-corrected chi connectivity index (χ3v) is 4.43. The number of halogens is 5. The molecule has 8 nitrogen and oxygen atoms in total. The number of carbonyl (C=O) groups excluding carboxylic acids is 1. The molecule has 1 saturated heterocycles. The average molecular weight is 448 g/mol. The number of nitrogens with one attached hydrogen (secondary N) is 1. The summed E-state index contributed by atoms with van der Waals surface area (Å²) in [5.74, 6) is -3.31. The Morgan fingerprint density at radius 3 is 2.61 bits per heavy atom. The molecule has 0 spiro atoms. The molecule has 1 amide bonds. The topological polar surface area (TPSA) is 96.8 Å². The van der Waals surface area contributed by atoms with Gasteiger partial charge in [0.1, 0.15) is 24.2 Å². The first kappa shape index (κ1) is 22.5. The summed E-state index contributed by atoms with van der Waals surface area (Å²) in [6.07, 6.45) is -6.13. The summed E-state index contributed by atoms with van der Waals surface area (Å²) in [5, 5.41) is 12.5. The average Bonchev–Trinajstić information content (AvgIpc) is 3.03. The lowest BCUT2D eigenvalue weighted by molar-refractivity contribution is -0.274. The monoisotopic (exact) mass is 448 g/mol. The Hall–Kier alpha value is -3.22. The first-order chi connectivity index (χ1) is 14.5. The Balaban J connectivity index is 1.82. The highest BCUT2D eigenvalue weighted by atomic mass is 19.4. The van der Waals surface area contributed by atoms with Crippen molar-refractivity contribution in [1.29, 1.82) is 0 Å². The molecule has 3 rings (SSSR count). The van der Waals surface area contributed by atoms with Crippen LogP contribution < -0.4 is 15.0 Å². The van der Waals surface area contributed by atoms with E-state index in [0.29, 0.717) is 6.07 Å². The molecule has 1 unspecified atom stereocenters. The summed E-state index contributed by atoms with van der Waals surface area (Å²) in [5.41, 5.74) is -0.0357. The second kappa shape index (κ2) is 8.49. The number of aliphatic hydroxyl groups is 1. The SMILES string of the molecule is C[C@H](Nc1ncc(F)c(N2C(=O)OCC2[C@@H](C)O)n1)c1ccc(OC(F)(F)F)cc1F. The number of carbonyl (C=O) groups is 1. The summed E-state index contributed by atoms with van der Waals surface area (Å²) in [6, 6.07) is 0.872. The standard InChI is InChI=1S/C18H17F5N4O4/c1-8(11-4-3-10(5-12(11)19)31-18(21,22)23)25-16-24-6-13(20)15(26-16)27-14(9(2)28)7-30-17(27)29/h3-6,8-9,14,28H,7H2,1-2H3,(H,24,25,26)/t8-,9+,14?/m0/s1. The van der Waals surface area contributed by atoms with Crippen LogP contribution in [0.1, 0.15) is 25.5 Å². The van der Waals surface area contributed by atoms with Crippen LogP contribution >= 0.6 is 0 Å². The molecule has 1 aromatic heterocycles. The molecule has 1 aromatic carbocycles. The first-order valence-corrected chi connectivity index (χ1v) is 8.94. The summed E-state index contributed by atoms with van der Waals surface area (Å²) >= 11 is 0. The molecule has 3 atom stereocenters. The number of alkyl halides is 3. The van der Waals surface area contributed by atoms with E-state index in [1.165, 1.54) is 13.8 Å². The molecule has 0 bridgehead atoms. The van der Waals surface area contributed by atoms with Crippen LogP contribution in [0.15, 0.2) is 24.4 Å². The molecule has 31 heavy (non-hydrogen) atoms. The Bertz CT molecular complexity index is 972. The van der Waals surface area contributed by atoms with Crippen LogP contribution in [0.5, 0.6) is 5.75 Å². The van der Waals surface area contributed by atoms with Crippen molar-refractivity contribution in [3.63, 3.8) is 0 Å². The van der Waals surface area contributed by atoms with Gasteiger partial charge in [-0.25, -0.2) is 23.5 Å². The zero-order valence-corrected chi connectivity index (χ0v) is 16.2. The van der Waals surface area contributed by atoms with Crippen LogP contribution in [0.25, 0.3) is 0 Å². The fraction of sp³-hybridized carbons (Fsp3) is 0.389. The predicted octanol–water partition coefficient (Wildman–Crippen LogP) is 3.53. The Morgan fingerprint density at radius 1 is 1.29 bits per heavy atom. The molecule has 2 N–H and O–H groups in total. The van der Waals surface area contributed by atoms with Crippen molar-refractivity contribution in [3.8, 4) is 5.75 Å². The maximum Gasteiger partial charge on any atom is 0.573 e. The van der Waals surface area contributed by atoms with Gasteiger partial charge in [-0.05, 0) is 19.9 Å². The van der Waals surface area contributed by atoms with E-state index < -0.39 is 53.8 Å². The largest absolute Gasteiger partial charge is 0.573 e. The molecule has 1 aliphatic rings. The number of aromatic nitrogens is 2. The van der Waals surface area contributed by atoms with E-state index in [1.54, 1.807) is 0 Å². The normalized spacial score (nSPS) is 18.5. The molecule has 0 saturated carbocycles. The fourth-order valence-corrected chi connectivity index (χ4v) is 2.96. The minimum absolute atomic E-state index is 0.0357. The number of rotatable bonds is 6. The quantitative estimate of drug-likeness (QED) is 0.653. The number of ether oxygens (including phenoxy) is 2. The second-order valence-electron chi connectivity index (χ2n) is 6.72. The van der Waals surface area contributed by atoms with Crippen LogP contribution in [-0.2, 0) is 4.74 Å². The van der Waals surface area contributed by atoms with Crippen molar-refractivity contribution in [2.45, 2.75) is 38.4 Å². The van der Waals surface area contributed by atoms with Gasteiger partial charge in [-0.15, -0.1) is 13.2 Å². The number of aliphatic hydroxyl groups excluding tert-OH is 1. The van der Waals surface area contributed by atoms with Crippen LogP contribution in [0, 0.1) is 11.6 Å². The van der Waals surface area contributed by atoms with Gasteiger partial charge in [0.15, 0.2) is 11.6 Å². The summed E-state index contributed by atoms with van der Waals surface area (Å²) in [7, 11) is 0. The molecule has 2 heterocycles.